The zero-order chi connectivity index (χ0) is 18.3. The summed E-state index contributed by atoms with van der Waals surface area (Å²) in [7, 11) is 0. The van der Waals surface area contributed by atoms with Gasteiger partial charge in [0.2, 0.25) is 0 Å². The van der Waals surface area contributed by atoms with Gasteiger partial charge in [-0.25, -0.2) is 4.39 Å². The van der Waals surface area contributed by atoms with E-state index in [-0.39, 0.29) is 5.82 Å². The van der Waals surface area contributed by atoms with Gasteiger partial charge in [0.25, 0.3) is 0 Å². The summed E-state index contributed by atoms with van der Waals surface area (Å²) in [5.74, 6) is 0.576. The molecule has 4 rings (SSSR count). The fourth-order valence-corrected chi connectivity index (χ4v) is 4.35. The first kappa shape index (κ1) is 17.5. The summed E-state index contributed by atoms with van der Waals surface area (Å²) in [6.45, 7) is 2.51. The Morgan fingerprint density at radius 3 is 2.96 bits per heavy atom. The number of rotatable bonds is 3. The second-order valence-corrected chi connectivity index (χ2v) is 7.90. The molecule has 1 unspecified atom stereocenters. The predicted molar refractivity (Wildman–Crippen MR) is 102 cm³/mol. The Hall–Kier alpha value is -1.91. The molecule has 1 aliphatic carbocycles. The van der Waals surface area contributed by atoms with Crippen LogP contribution in [0.15, 0.2) is 41.4 Å². The van der Waals surface area contributed by atoms with Gasteiger partial charge in [0.05, 0.1) is 6.61 Å². The molecular weight excluding hydrogens is 351 g/mol. The summed E-state index contributed by atoms with van der Waals surface area (Å²) in [5, 5.41) is 0.786. The number of benzene rings is 2. The Kier molecular flexibility index (Phi) is 4.49. The van der Waals surface area contributed by atoms with Crippen LogP contribution < -0.4 is 5.73 Å². The van der Waals surface area contributed by atoms with Gasteiger partial charge in [-0.1, -0.05) is 29.8 Å². The third-order valence-electron chi connectivity index (χ3n) is 5.42. The van der Waals surface area contributed by atoms with Gasteiger partial charge in [0.1, 0.15) is 23.8 Å². The first-order chi connectivity index (χ1) is 12.4. The van der Waals surface area contributed by atoms with Crippen LogP contribution in [-0.2, 0) is 23.1 Å². The molecule has 0 amide bonds. The average molecular weight is 373 g/mol. The Balaban J connectivity index is 1.63. The molecule has 0 saturated carbocycles. The maximum absolute atomic E-state index is 14.5. The van der Waals surface area contributed by atoms with Crippen LogP contribution in [0, 0.1) is 5.82 Å². The Morgan fingerprint density at radius 1 is 1.31 bits per heavy atom. The van der Waals surface area contributed by atoms with Crippen molar-refractivity contribution < 1.29 is 9.13 Å². The van der Waals surface area contributed by atoms with Crippen molar-refractivity contribution >= 4 is 17.4 Å². The van der Waals surface area contributed by atoms with E-state index in [1.54, 1.807) is 0 Å². The van der Waals surface area contributed by atoms with Crippen LogP contribution in [0.2, 0.25) is 5.02 Å². The molecule has 0 radical (unpaired) electrons. The fourth-order valence-electron chi connectivity index (χ4n) is 4.16. The van der Waals surface area contributed by atoms with Gasteiger partial charge in [0.15, 0.2) is 0 Å². The first-order valence-corrected chi connectivity index (χ1v) is 9.31. The molecule has 26 heavy (non-hydrogen) atoms. The van der Waals surface area contributed by atoms with E-state index in [2.05, 4.69) is 17.1 Å². The molecule has 1 aliphatic heterocycles. The third-order valence-corrected chi connectivity index (χ3v) is 5.66. The summed E-state index contributed by atoms with van der Waals surface area (Å²) in [4.78, 5) is 4.48. The van der Waals surface area contributed by atoms with E-state index < -0.39 is 5.54 Å². The Morgan fingerprint density at radius 2 is 2.15 bits per heavy atom. The van der Waals surface area contributed by atoms with Gasteiger partial charge in [0, 0.05) is 10.6 Å². The average Bonchev–Trinajstić information content (AvgIpc) is 2.98. The first-order valence-electron chi connectivity index (χ1n) is 8.94. The monoisotopic (exact) mass is 372 g/mol. The summed E-state index contributed by atoms with van der Waals surface area (Å²) >= 11 is 6.11. The summed E-state index contributed by atoms with van der Waals surface area (Å²) < 4.78 is 20.0. The lowest BCUT2D eigenvalue weighted by Gasteiger charge is -2.30. The van der Waals surface area contributed by atoms with Crippen molar-refractivity contribution in [3.05, 3.63) is 69.5 Å². The van der Waals surface area contributed by atoms with E-state index in [9.17, 15) is 4.39 Å². The number of halogens is 2. The SMILES string of the molecule is C[C@@]1(c2cc(CC3CCc4cc(Cl)ccc43)ccc2F)COCC(N)=N1. The zero-order valence-corrected chi connectivity index (χ0v) is 15.5. The molecule has 0 aromatic heterocycles. The van der Waals surface area contributed by atoms with Crippen LogP contribution in [-0.4, -0.2) is 19.0 Å². The molecule has 2 aliphatic rings. The number of hydrogen-bond donors (Lipinski definition) is 1. The van der Waals surface area contributed by atoms with Gasteiger partial charge >= 0.3 is 0 Å². The predicted octanol–water partition coefficient (Wildman–Crippen LogP) is 4.35. The van der Waals surface area contributed by atoms with Crippen LogP contribution in [0.4, 0.5) is 4.39 Å². The minimum Gasteiger partial charge on any atom is -0.386 e. The number of nitrogens with two attached hydrogens (primary N) is 1. The smallest absolute Gasteiger partial charge is 0.128 e. The number of fused-ring (bicyclic) bond motifs is 1. The summed E-state index contributed by atoms with van der Waals surface area (Å²) in [6.07, 6.45) is 3.01. The van der Waals surface area contributed by atoms with Crippen molar-refractivity contribution in [3.8, 4) is 0 Å². The highest BCUT2D eigenvalue weighted by atomic mass is 35.5. The molecule has 0 saturated heterocycles. The number of amidine groups is 1. The van der Waals surface area contributed by atoms with Crippen LogP contribution in [0.3, 0.4) is 0 Å². The number of nitrogens with zero attached hydrogens (tertiary/aromatic N) is 1. The molecule has 3 nitrogen and oxygen atoms in total. The molecule has 2 N–H and O–H groups in total. The molecule has 136 valence electrons. The Labute approximate surface area is 158 Å². The molecule has 0 bridgehead atoms. The van der Waals surface area contributed by atoms with Crippen LogP contribution >= 0.6 is 11.6 Å². The van der Waals surface area contributed by atoms with Crippen molar-refractivity contribution in [2.45, 2.75) is 37.6 Å². The van der Waals surface area contributed by atoms with Crippen LogP contribution in [0.5, 0.6) is 0 Å². The number of hydrogen-bond acceptors (Lipinski definition) is 3. The van der Waals surface area contributed by atoms with E-state index >= 15 is 0 Å². The van der Waals surface area contributed by atoms with Crippen LogP contribution in [0.25, 0.3) is 0 Å². The minimum absolute atomic E-state index is 0.267. The van der Waals surface area contributed by atoms with Gasteiger partial charge in [-0.2, -0.15) is 0 Å². The second-order valence-electron chi connectivity index (χ2n) is 7.47. The van der Waals surface area contributed by atoms with Gasteiger partial charge in [-0.15, -0.1) is 0 Å². The zero-order valence-electron chi connectivity index (χ0n) is 14.8. The molecule has 2 aromatic carbocycles. The number of aryl methyl sites for hydroxylation is 1. The van der Waals surface area contributed by atoms with Crippen molar-refractivity contribution in [1.29, 1.82) is 0 Å². The van der Waals surface area contributed by atoms with E-state index in [0.29, 0.717) is 30.5 Å². The number of aliphatic imine (C=N–C) groups is 1. The largest absolute Gasteiger partial charge is 0.386 e. The van der Waals surface area contributed by atoms with Crippen LogP contribution in [0.1, 0.15) is 41.5 Å². The van der Waals surface area contributed by atoms with Gasteiger partial charge < -0.3 is 10.5 Å². The molecule has 5 heteroatoms. The van der Waals surface area contributed by atoms with Gasteiger partial charge in [-0.3, -0.25) is 4.99 Å². The van der Waals surface area contributed by atoms with E-state index in [0.717, 1.165) is 29.8 Å². The second kappa shape index (κ2) is 6.67. The molecule has 1 heterocycles. The highest BCUT2D eigenvalue weighted by molar-refractivity contribution is 6.30. The fraction of sp³-hybridized carbons (Fsp3) is 0.381. The molecule has 0 fully saturated rings. The topological polar surface area (TPSA) is 47.6 Å². The lowest BCUT2D eigenvalue weighted by Crippen LogP contribution is -2.38. The van der Waals surface area contributed by atoms with Crippen molar-refractivity contribution in [3.63, 3.8) is 0 Å². The Bertz CT molecular complexity index is 882. The number of ether oxygens (including phenoxy) is 1. The van der Waals surface area contributed by atoms with E-state index in [1.807, 2.05) is 25.1 Å². The normalized spacial score (nSPS) is 25.0. The molecule has 0 spiro atoms. The maximum Gasteiger partial charge on any atom is 0.128 e. The highest BCUT2D eigenvalue weighted by Gasteiger charge is 2.33. The lowest BCUT2D eigenvalue weighted by molar-refractivity contribution is 0.104. The maximum atomic E-state index is 14.5. The van der Waals surface area contributed by atoms with Gasteiger partial charge in [-0.05, 0) is 67.0 Å². The summed E-state index contributed by atoms with van der Waals surface area (Å²) in [5.41, 5.74) is 9.39. The quantitative estimate of drug-likeness (QED) is 0.870. The lowest BCUT2D eigenvalue weighted by atomic mass is 9.87. The summed E-state index contributed by atoms with van der Waals surface area (Å²) in [6, 6.07) is 11.5. The molecule has 2 atom stereocenters. The minimum atomic E-state index is -0.774. The van der Waals surface area contributed by atoms with Crippen molar-refractivity contribution in [2.24, 2.45) is 10.7 Å². The van der Waals surface area contributed by atoms with Crippen molar-refractivity contribution in [2.75, 3.05) is 13.2 Å². The van der Waals surface area contributed by atoms with Crippen molar-refractivity contribution in [1.82, 2.24) is 0 Å². The van der Waals surface area contributed by atoms with E-state index in [4.69, 9.17) is 22.1 Å². The van der Waals surface area contributed by atoms with E-state index in [1.165, 1.54) is 17.2 Å². The standard InChI is InChI=1S/C21H22ClFN2O/c1-21(12-26-11-20(24)25-21)18-9-13(2-7-19(18)23)8-14-3-4-15-10-16(22)5-6-17(14)15/h2,5-7,9-10,14H,3-4,8,11-12H2,1H3,(H2,24,25)/t14?,21-/m0/s1. The third kappa shape index (κ3) is 3.24. The highest BCUT2D eigenvalue weighted by Crippen LogP contribution is 2.38. The molecular formula is C21H22ClFN2O. The molecule has 2 aromatic rings.